The van der Waals surface area contributed by atoms with Crippen LogP contribution in [0.25, 0.3) is 0 Å². The number of aryl methyl sites for hydroxylation is 1. The second-order valence-corrected chi connectivity index (χ2v) is 10.5. The predicted octanol–water partition coefficient (Wildman–Crippen LogP) is 1.68. The molecule has 154 valence electrons. The van der Waals surface area contributed by atoms with Gasteiger partial charge >= 0.3 is 0 Å². The van der Waals surface area contributed by atoms with Gasteiger partial charge in [-0.2, -0.15) is 5.10 Å². The highest BCUT2D eigenvalue weighted by molar-refractivity contribution is 7.93. The Kier molecular flexibility index (Phi) is 5.32. The molecule has 9 nitrogen and oxygen atoms in total. The number of nitrogens with zero attached hydrogens (tertiary/aromatic N) is 2. The summed E-state index contributed by atoms with van der Waals surface area (Å²) in [6, 6.07) is 4.38. The van der Waals surface area contributed by atoms with E-state index in [1.807, 2.05) is 0 Å². The van der Waals surface area contributed by atoms with Gasteiger partial charge in [-0.1, -0.05) is 0 Å². The third-order valence-corrected chi connectivity index (χ3v) is 8.10. The maximum atomic E-state index is 13.1. The quantitative estimate of drug-likeness (QED) is 0.742. The Morgan fingerprint density at radius 2 is 1.93 bits per heavy atom. The van der Waals surface area contributed by atoms with E-state index in [0.717, 1.165) is 0 Å². The smallest absolute Gasteiger partial charge is 0.265 e. The number of rotatable bonds is 6. The highest BCUT2D eigenvalue weighted by atomic mass is 32.2. The molecule has 0 amide bonds. The molecule has 2 heterocycles. The Labute approximate surface area is 164 Å². The van der Waals surface area contributed by atoms with Crippen LogP contribution in [-0.2, 0) is 19.9 Å². The van der Waals surface area contributed by atoms with Crippen LogP contribution in [0.3, 0.4) is 0 Å². The molecule has 0 spiro atoms. The maximum Gasteiger partial charge on any atom is 0.265 e. The van der Waals surface area contributed by atoms with E-state index in [4.69, 9.17) is 9.47 Å². The zero-order valence-electron chi connectivity index (χ0n) is 16.1. The molecule has 1 N–H and O–H groups in total. The Balaban J connectivity index is 1.97. The molecule has 1 aliphatic rings. The van der Waals surface area contributed by atoms with Crippen LogP contribution in [0.2, 0.25) is 0 Å². The number of sulfonamides is 1. The fourth-order valence-electron chi connectivity index (χ4n) is 3.44. The van der Waals surface area contributed by atoms with Gasteiger partial charge in [0, 0.05) is 6.07 Å². The van der Waals surface area contributed by atoms with Crippen LogP contribution in [0, 0.1) is 13.8 Å². The van der Waals surface area contributed by atoms with Crippen molar-refractivity contribution in [3.05, 3.63) is 29.6 Å². The van der Waals surface area contributed by atoms with E-state index in [9.17, 15) is 16.8 Å². The summed E-state index contributed by atoms with van der Waals surface area (Å²) in [7, 11) is -4.15. The second-order valence-electron chi connectivity index (χ2n) is 6.67. The van der Waals surface area contributed by atoms with Gasteiger partial charge in [-0.3, -0.25) is 9.40 Å². The maximum absolute atomic E-state index is 13.1. The summed E-state index contributed by atoms with van der Waals surface area (Å²) in [6.07, 6.45) is 0.420. The highest BCUT2D eigenvalue weighted by Gasteiger charge is 2.34. The van der Waals surface area contributed by atoms with Crippen molar-refractivity contribution in [3.63, 3.8) is 0 Å². The van der Waals surface area contributed by atoms with Gasteiger partial charge in [0.2, 0.25) is 0 Å². The molecule has 1 aromatic heterocycles. The molecule has 1 atom stereocenters. The van der Waals surface area contributed by atoms with Crippen LogP contribution in [0.5, 0.6) is 11.5 Å². The lowest BCUT2D eigenvalue weighted by molar-refractivity contribution is 0.395. The summed E-state index contributed by atoms with van der Waals surface area (Å²) < 4.78 is 64.1. The number of ether oxygens (including phenoxy) is 2. The Morgan fingerprint density at radius 1 is 1.21 bits per heavy atom. The minimum Gasteiger partial charge on any atom is -0.497 e. The van der Waals surface area contributed by atoms with Crippen LogP contribution >= 0.6 is 0 Å². The predicted molar refractivity (Wildman–Crippen MR) is 104 cm³/mol. The monoisotopic (exact) mass is 429 g/mol. The van der Waals surface area contributed by atoms with Crippen molar-refractivity contribution >= 4 is 25.5 Å². The van der Waals surface area contributed by atoms with E-state index in [0.29, 0.717) is 29.3 Å². The fraction of sp³-hybridized carbons (Fsp3) is 0.471. The van der Waals surface area contributed by atoms with Gasteiger partial charge in [0.05, 0.1) is 48.8 Å². The first-order chi connectivity index (χ1) is 13.1. The zero-order chi connectivity index (χ0) is 20.7. The first kappa shape index (κ1) is 20.5. The van der Waals surface area contributed by atoms with Crippen molar-refractivity contribution in [2.75, 3.05) is 30.4 Å². The van der Waals surface area contributed by atoms with Gasteiger partial charge in [-0.05, 0) is 32.4 Å². The fourth-order valence-corrected chi connectivity index (χ4v) is 6.60. The van der Waals surface area contributed by atoms with Crippen LogP contribution in [-0.4, -0.2) is 52.3 Å². The number of nitrogens with one attached hydrogen (secondary N) is 1. The SMILES string of the molecule is COc1ccc(NS(=O)(=O)c2c(C)nn([C@@H]3CCS(=O)(=O)C3)c2C)c(OC)c1. The number of benzene rings is 1. The number of anilines is 1. The molecule has 1 saturated heterocycles. The molecular formula is C17H23N3O6S2. The van der Waals surface area contributed by atoms with Crippen LogP contribution in [0.15, 0.2) is 23.1 Å². The average Bonchev–Trinajstić information content (AvgIpc) is 3.13. The molecular weight excluding hydrogens is 406 g/mol. The van der Waals surface area contributed by atoms with Gasteiger partial charge in [0.1, 0.15) is 16.4 Å². The van der Waals surface area contributed by atoms with E-state index in [1.54, 1.807) is 32.0 Å². The molecule has 0 aliphatic carbocycles. The molecule has 0 saturated carbocycles. The van der Waals surface area contributed by atoms with Crippen molar-refractivity contribution < 1.29 is 26.3 Å². The van der Waals surface area contributed by atoms with Crippen molar-refractivity contribution in [2.24, 2.45) is 0 Å². The van der Waals surface area contributed by atoms with Gasteiger partial charge in [-0.25, -0.2) is 16.8 Å². The molecule has 3 rings (SSSR count). The Bertz CT molecular complexity index is 1110. The van der Waals surface area contributed by atoms with E-state index in [-0.39, 0.29) is 28.1 Å². The average molecular weight is 430 g/mol. The summed E-state index contributed by atoms with van der Waals surface area (Å²) in [4.78, 5) is 0.0367. The minimum absolute atomic E-state index is 0.0336. The number of sulfone groups is 1. The third-order valence-electron chi connectivity index (χ3n) is 4.73. The summed E-state index contributed by atoms with van der Waals surface area (Å²) in [6.45, 7) is 3.22. The molecule has 1 fully saturated rings. The van der Waals surface area contributed by atoms with Crippen LogP contribution in [0.4, 0.5) is 5.69 Å². The van der Waals surface area contributed by atoms with Crippen LogP contribution < -0.4 is 14.2 Å². The minimum atomic E-state index is -3.97. The Hall–Kier alpha value is -2.27. The molecule has 0 unspecified atom stereocenters. The summed E-state index contributed by atoms with van der Waals surface area (Å²) in [5, 5.41) is 4.32. The number of hydrogen-bond donors (Lipinski definition) is 1. The molecule has 28 heavy (non-hydrogen) atoms. The molecule has 1 aromatic carbocycles. The van der Waals surface area contributed by atoms with E-state index < -0.39 is 19.9 Å². The standard InChI is InChI=1S/C17H23N3O6S2/c1-11-17(12(2)20(18-11)13-7-8-27(21,22)10-13)28(23,24)19-15-6-5-14(25-3)9-16(15)26-4/h5-6,9,13,19H,7-8,10H2,1-4H3/t13-/m1/s1. The van der Waals surface area contributed by atoms with Crippen molar-refractivity contribution in [1.29, 1.82) is 0 Å². The van der Waals surface area contributed by atoms with Crippen molar-refractivity contribution in [3.8, 4) is 11.5 Å². The second kappa shape index (κ2) is 7.28. The van der Waals surface area contributed by atoms with Crippen molar-refractivity contribution in [2.45, 2.75) is 31.2 Å². The first-order valence-electron chi connectivity index (χ1n) is 8.59. The first-order valence-corrected chi connectivity index (χ1v) is 11.9. The normalized spacial score (nSPS) is 18.8. The van der Waals surface area contributed by atoms with Gasteiger partial charge in [0.15, 0.2) is 9.84 Å². The highest BCUT2D eigenvalue weighted by Crippen LogP contribution is 2.33. The number of aromatic nitrogens is 2. The van der Waals surface area contributed by atoms with Gasteiger partial charge < -0.3 is 9.47 Å². The molecule has 2 aromatic rings. The van der Waals surface area contributed by atoms with E-state index >= 15 is 0 Å². The number of methoxy groups -OCH3 is 2. The van der Waals surface area contributed by atoms with Crippen molar-refractivity contribution in [1.82, 2.24) is 9.78 Å². The Morgan fingerprint density at radius 3 is 2.50 bits per heavy atom. The molecule has 11 heteroatoms. The molecule has 1 aliphatic heterocycles. The van der Waals surface area contributed by atoms with Gasteiger partial charge in [-0.15, -0.1) is 0 Å². The summed E-state index contributed by atoms with van der Waals surface area (Å²) >= 11 is 0. The largest absolute Gasteiger partial charge is 0.497 e. The summed E-state index contributed by atoms with van der Waals surface area (Å²) in [5.74, 6) is 0.892. The van der Waals surface area contributed by atoms with E-state index in [1.165, 1.54) is 18.9 Å². The van der Waals surface area contributed by atoms with Gasteiger partial charge in [0.25, 0.3) is 10.0 Å². The van der Waals surface area contributed by atoms with Crippen LogP contribution in [0.1, 0.15) is 23.9 Å². The lowest BCUT2D eigenvalue weighted by Crippen LogP contribution is -2.17. The molecule has 0 bridgehead atoms. The topological polar surface area (TPSA) is 117 Å². The lowest BCUT2D eigenvalue weighted by Gasteiger charge is -2.14. The lowest BCUT2D eigenvalue weighted by atomic mass is 10.2. The molecule has 0 radical (unpaired) electrons. The van der Waals surface area contributed by atoms with E-state index in [2.05, 4.69) is 9.82 Å². The zero-order valence-corrected chi connectivity index (χ0v) is 17.7. The summed E-state index contributed by atoms with van der Waals surface area (Å²) in [5.41, 5.74) is 0.972. The number of hydrogen-bond acceptors (Lipinski definition) is 7. The third kappa shape index (κ3) is 3.81.